The highest BCUT2D eigenvalue weighted by Crippen LogP contribution is 2.18. The standard InChI is InChI=1S/C11H15N5/c12-9-4-3-8-11(15-9)16-10(14-8)5-6-13-7-1-2-7/h3-4,7,13H,1-2,5-6H2,(H3,12,14,15,16). The largest absolute Gasteiger partial charge is 0.384 e. The fourth-order valence-corrected chi connectivity index (χ4v) is 1.76. The molecule has 0 bridgehead atoms. The van der Waals surface area contributed by atoms with Gasteiger partial charge in [0, 0.05) is 19.0 Å². The van der Waals surface area contributed by atoms with Crippen LogP contribution >= 0.6 is 0 Å². The van der Waals surface area contributed by atoms with Gasteiger partial charge in [-0.05, 0) is 25.0 Å². The van der Waals surface area contributed by atoms with Crippen LogP contribution in [0.5, 0.6) is 0 Å². The van der Waals surface area contributed by atoms with E-state index in [-0.39, 0.29) is 0 Å². The lowest BCUT2D eigenvalue weighted by atomic mass is 10.4. The lowest BCUT2D eigenvalue weighted by Crippen LogP contribution is -2.19. The summed E-state index contributed by atoms with van der Waals surface area (Å²) in [5.41, 5.74) is 7.27. The maximum Gasteiger partial charge on any atom is 0.179 e. The highest BCUT2D eigenvalue weighted by atomic mass is 15.0. The minimum Gasteiger partial charge on any atom is -0.384 e. The Morgan fingerprint density at radius 1 is 1.38 bits per heavy atom. The summed E-state index contributed by atoms with van der Waals surface area (Å²) in [6, 6.07) is 4.45. The summed E-state index contributed by atoms with van der Waals surface area (Å²) < 4.78 is 0. The van der Waals surface area contributed by atoms with Crippen LogP contribution < -0.4 is 11.1 Å². The van der Waals surface area contributed by atoms with Gasteiger partial charge in [-0.1, -0.05) is 0 Å². The number of hydrogen-bond donors (Lipinski definition) is 3. The summed E-state index contributed by atoms with van der Waals surface area (Å²) in [6.07, 6.45) is 3.54. The van der Waals surface area contributed by atoms with E-state index in [2.05, 4.69) is 20.3 Å². The Kier molecular flexibility index (Phi) is 2.25. The number of nitrogen functional groups attached to an aromatic ring is 1. The van der Waals surface area contributed by atoms with Crippen molar-refractivity contribution in [3.63, 3.8) is 0 Å². The molecule has 4 N–H and O–H groups in total. The van der Waals surface area contributed by atoms with Crippen LogP contribution in [0, 0.1) is 0 Å². The number of H-pyrrole nitrogens is 1. The SMILES string of the molecule is Nc1ccc2[nH]c(CCNC3CC3)nc2n1. The van der Waals surface area contributed by atoms with Crippen molar-refractivity contribution in [2.45, 2.75) is 25.3 Å². The van der Waals surface area contributed by atoms with Gasteiger partial charge in [0.05, 0.1) is 5.52 Å². The number of nitrogens with zero attached hydrogens (tertiary/aromatic N) is 2. The first-order chi connectivity index (χ1) is 7.81. The summed E-state index contributed by atoms with van der Waals surface area (Å²) in [4.78, 5) is 11.8. The number of anilines is 1. The maximum atomic E-state index is 5.60. The lowest BCUT2D eigenvalue weighted by Gasteiger charge is -1.98. The van der Waals surface area contributed by atoms with Crippen LogP contribution in [0.1, 0.15) is 18.7 Å². The predicted molar refractivity (Wildman–Crippen MR) is 63.0 cm³/mol. The fraction of sp³-hybridized carbons (Fsp3) is 0.455. The van der Waals surface area contributed by atoms with E-state index in [1.807, 2.05) is 6.07 Å². The van der Waals surface area contributed by atoms with E-state index in [9.17, 15) is 0 Å². The van der Waals surface area contributed by atoms with Gasteiger partial charge in [-0.3, -0.25) is 0 Å². The van der Waals surface area contributed by atoms with Gasteiger partial charge in [-0.15, -0.1) is 0 Å². The van der Waals surface area contributed by atoms with E-state index in [0.717, 1.165) is 30.3 Å². The highest BCUT2D eigenvalue weighted by molar-refractivity contribution is 5.72. The second-order valence-electron chi connectivity index (χ2n) is 4.27. The Balaban J connectivity index is 1.71. The van der Waals surface area contributed by atoms with E-state index in [1.54, 1.807) is 6.07 Å². The highest BCUT2D eigenvalue weighted by Gasteiger charge is 2.19. The van der Waals surface area contributed by atoms with Crippen LogP contribution in [0.4, 0.5) is 5.82 Å². The monoisotopic (exact) mass is 217 g/mol. The van der Waals surface area contributed by atoms with E-state index < -0.39 is 0 Å². The molecule has 2 aromatic heterocycles. The number of pyridine rings is 1. The number of rotatable bonds is 4. The summed E-state index contributed by atoms with van der Waals surface area (Å²) in [5.74, 6) is 1.49. The maximum absolute atomic E-state index is 5.60. The third-order valence-electron chi connectivity index (χ3n) is 2.79. The minimum absolute atomic E-state index is 0.515. The number of fused-ring (bicyclic) bond motifs is 1. The molecule has 0 amide bonds. The molecule has 2 heterocycles. The van der Waals surface area contributed by atoms with Gasteiger partial charge in [0.1, 0.15) is 11.6 Å². The zero-order valence-electron chi connectivity index (χ0n) is 9.03. The Morgan fingerprint density at radius 3 is 3.06 bits per heavy atom. The van der Waals surface area contributed by atoms with Crippen molar-refractivity contribution in [1.82, 2.24) is 20.3 Å². The van der Waals surface area contributed by atoms with Gasteiger partial charge in [-0.2, -0.15) is 0 Å². The molecule has 1 saturated carbocycles. The second kappa shape index (κ2) is 3.75. The summed E-state index contributed by atoms with van der Waals surface area (Å²) in [6.45, 7) is 0.972. The van der Waals surface area contributed by atoms with Crippen LogP contribution in [-0.2, 0) is 6.42 Å². The molecule has 1 aliphatic carbocycles. The molecule has 1 fully saturated rings. The molecule has 1 aliphatic rings. The Hall–Kier alpha value is -1.62. The summed E-state index contributed by atoms with van der Waals surface area (Å²) in [7, 11) is 0. The van der Waals surface area contributed by atoms with Crippen molar-refractivity contribution in [2.24, 2.45) is 0 Å². The van der Waals surface area contributed by atoms with Crippen LogP contribution in [0.25, 0.3) is 11.2 Å². The summed E-state index contributed by atoms with van der Waals surface area (Å²) >= 11 is 0. The number of nitrogens with two attached hydrogens (primary N) is 1. The van der Waals surface area contributed by atoms with Gasteiger partial charge in [0.15, 0.2) is 5.65 Å². The van der Waals surface area contributed by atoms with E-state index >= 15 is 0 Å². The van der Waals surface area contributed by atoms with Crippen molar-refractivity contribution in [3.8, 4) is 0 Å². The van der Waals surface area contributed by atoms with Gasteiger partial charge in [0.25, 0.3) is 0 Å². The Bertz CT molecular complexity index is 500. The summed E-state index contributed by atoms with van der Waals surface area (Å²) in [5, 5.41) is 3.46. The number of aromatic amines is 1. The minimum atomic E-state index is 0.515. The van der Waals surface area contributed by atoms with Crippen molar-refractivity contribution in [2.75, 3.05) is 12.3 Å². The molecule has 0 unspecified atom stereocenters. The number of imidazole rings is 1. The quantitative estimate of drug-likeness (QED) is 0.709. The van der Waals surface area contributed by atoms with E-state index in [4.69, 9.17) is 5.73 Å². The molecule has 5 heteroatoms. The van der Waals surface area contributed by atoms with Gasteiger partial charge >= 0.3 is 0 Å². The molecule has 16 heavy (non-hydrogen) atoms. The van der Waals surface area contributed by atoms with Crippen molar-refractivity contribution in [3.05, 3.63) is 18.0 Å². The number of nitrogens with one attached hydrogen (secondary N) is 2. The van der Waals surface area contributed by atoms with Crippen LogP contribution in [-0.4, -0.2) is 27.5 Å². The third kappa shape index (κ3) is 1.99. The van der Waals surface area contributed by atoms with Gasteiger partial charge in [0.2, 0.25) is 0 Å². The average molecular weight is 217 g/mol. The van der Waals surface area contributed by atoms with Crippen LogP contribution in [0.2, 0.25) is 0 Å². The van der Waals surface area contributed by atoms with Gasteiger partial charge in [-0.25, -0.2) is 9.97 Å². The Morgan fingerprint density at radius 2 is 2.25 bits per heavy atom. The smallest absolute Gasteiger partial charge is 0.179 e. The van der Waals surface area contributed by atoms with Crippen LogP contribution in [0.3, 0.4) is 0 Å². The Labute approximate surface area is 93.5 Å². The molecule has 0 saturated heterocycles. The molecule has 0 aromatic carbocycles. The van der Waals surface area contributed by atoms with Crippen LogP contribution in [0.15, 0.2) is 12.1 Å². The lowest BCUT2D eigenvalue weighted by molar-refractivity contribution is 0.670. The normalized spacial score (nSPS) is 15.8. The molecule has 0 spiro atoms. The average Bonchev–Trinajstić information content (AvgIpc) is 2.98. The molecule has 3 rings (SSSR count). The van der Waals surface area contributed by atoms with E-state index in [0.29, 0.717) is 11.5 Å². The topological polar surface area (TPSA) is 79.6 Å². The van der Waals surface area contributed by atoms with Crippen molar-refractivity contribution in [1.29, 1.82) is 0 Å². The molecule has 2 aromatic rings. The first-order valence-electron chi connectivity index (χ1n) is 5.66. The molecular formula is C11H15N5. The molecule has 0 atom stereocenters. The van der Waals surface area contributed by atoms with Gasteiger partial charge < -0.3 is 16.0 Å². The number of aromatic nitrogens is 3. The zero-order valence-corrected chi connectivity index (χ0v) is 9.03. The number of hydrogen-bond acceptors (Lipinski definition) is 4. The second-order valence-corrected chi connectivity index (χ2v) is 4.27. The fourth-order valence-electron chi connectivity index (χ4n) is 1.76. The molecule has 0 radical (unpaired) electrons. The first kappa shape index (κ1) is 9.59. The predicted octanol–water partition coefficient (Wildman–Crippen LogP) is 0.835. The molecule has 5 nitrogen and oxygen atoms in total. The zero-order chi connectivity index (χ0) is 11.0. The van der Waals surface area contributed by atoms with Crippen molar-refractivity contribution < 1.29 is 0 Å². The van der Waals surface area contributed by atoms with Crippen molar-refractivity contribution >= 4 is 17.0 Å². The molecule has 0 aliphatic heterocycles. The molecule has 84 valence electrons. The van der Waals surface area contributed by atoms with E-state index in [1.165, 1.54) is 12.8 Å². The molecular weight excluding hydrogens is 202 g/mol. The third-order valence-corrected chi connectivity index (χ3v) is 2.79. The first-order valence-corrected chi connectivity index (χ1v) is 5.66.